The van der Waals surface area contributed by atoms with Crippen LogP contribution in [0.3, 0.4) is 0 Å². The van der Waals surface area contributed by atoms with Crippen LogP contribution in [-0.4, -0.2) is 70.6 Å². The van der Waals surface area contributed by atoms with Crippen molar-refractivity contribution in [2.75, 3.05) is 26.2 Å². The maximum absolute atomic E-state index is 13.2. The second-order valence-electron chi connectivity index (χ2n) is 8.51. The fourth-order valence-electron chi connectivity index (χ4n) is 3.47. The molecule has 0 bridgehead atoms. The van der Waals surface area contributed by atoms with Crippen LogP contribution in [-0.2, 0) is 14.3 Å². The molecule has 1 unspecified atom stereocenters. The van der Waals surface area contributed by atoms with Crippen LogP contribution in [0.25, 0.3) is 11.1 Å². The van der Waals surface area contributed by atoms with E-state index < -0.39 is 23.7 Å². The molecule has 8 nitrogen and oxygen atoms in total. The topological polar surface area (TPSA) is 89.0 Å². The molecule has 32 heavy (non-hydrogen) atoms. The molecule has 0 radical (unpaired) electrons. The first-order chi connectivity index (χ1) is 15.2. The molecule has 2 amide bonds. The molecule has 1 saturated heterocycles. The number of hydrogen-bond donors (Lipinski definition) is 0. The van der Waals surface area contributed by atoms with Gasteiger partial charge < -0.3 is 19.3 Å². The average Bonchev–Trinajstić information content (AvgIpc) is 2.78. The number of hydrogen-bond acceptors (Lipinski definition) is 6. The summed E-state index contributed by atoms with van der Waals surface area (Å²) in [6, 6.07) is 10.1. The summed E-state index contributed by atoms with van der Waals surface area (Å²) < 4.78 is 10.6. The maximum Gasteiger partial charge on any atom is 0.410 e. The molecule has 1 aliphatic rings. The molecule has 3 rings (SSSR count). The van der Waals surface area contributed by atoms with Crippen molar-refractivity contribution in [2.24, 2.45) is 0 Å². The SMILES string of the molecule is CCOC(=O)C1CN(C(=O)OC(C)(C)C)CCN1C(=O)c1ccc(-c2ccncc2)cc1. The quantitative estimate of drug-likeness (QED) is 0.679. The predicted molar refractivity (Wildman–Crippen MR) is 119 cm³/mol. The van der Waals surface area contributed by atoms with Crippen molar-refractivity contribution in [2.45, 2.75) is 39.3 Å². The van der Waals surface area contributed by atoms with Gasteiger partial charge in [-0.2, -0.15) is 0 Å². The number of rotatable bonds is 4. The van der Waals surface area contributed by atoms with E-state index in [2.05, 4.69) is 4.98 Å². The fraction of sp³-hybridized carbons (Fsp3) is 0.417. The van der Waals surface area contributed by atoms with Crippen LogP contribution in [0, 0.1) is 0 Å². The van der Waals surface area contributed by atoms with Crippen LogP contribution >= 0.6 is 0 Å². The van der Waals surface area contributed by atoms with Crippen molar-refractivity contribution in [3.8, 4) is 11.1 Å². The van der Waals surface area contributed by atoms with Crippen molar-refractivity contribution in [3.63, 3.8) is 0 Å². The standard InChI is InChI=1S/C24H29N3O5/c1-5-31-22(29)20-16-26(23(30)32-24(2,3)4)14-15-27(20)21(28)19-8-6-17(7-9-19)18-10-12-25-13-11-18/h6-13,20H,5,14-16H2,1-4H3. The highest BCUT2D eigenvalue weighted by atomic mass is 16.6. The van der Waals surface area contributed by atoms with Gasteiger partial charge in [-0.05, 0) is 63.1 Å². The first-order valence-corrected chi connectivity index (χ1v) is 10.7. The lowest BCUT2D eigenvalue weighted by molar-refractivity contribution is -0.150. The molecular formula is C24H29N3O5. The van der Waals surface area contributed by atoms with Crippen LogP contribution in [0.1, 0.15) is 38.1 Å². The first-order valence-electron chi connectivity index (χ1n) is 10.7. The van der Waals surface area contributed by atoms with Crippen molar-refractivity contribution < 1.29 is 23.9 Å². The number of amides is 2. The Bertz CT molecular complexity index is 954. The summed E-state index contributed by atoms with van der Waals surface area (Å²) in [6.07, 6.45) is 2.91. The van der Waals surface area contributed by atoms with E-state index in [1.807, 2.05) is 24.3 Å². The molecule has 1 aromatic heterocycles. The summed E-state index contributed by atoms with van der Waals surface area (Å²) in [5.74, 6) is -0.823. The Morgan fingerprint density at radius 2 is 1.62 bits per heavy atom. The van der Waals surface area contributed by atoms with E-state index in [0.29, 0.717) is 5.56 Å². The van der Waals surface area contributed by atoms with Crippen molar-refractivity contribution in [3.05, 3.63) is 54.4 Å². The molecule has 170 valence electrons. The zero-order valence-electron chi connectivity index (χ0n) is 18.9. The third-order valence-electron chi connectivity index (χ3n) is 5.00. The van der Waals surface area contributed by atoms with Gasteiger partial charge in [-0.1, -0.05) is 12.1 Å². The lowest BCUT2D eigenvalue weighted by atomic mass is 10.0. The van der Waals surface area contributed by atoms with Gasteiger partial charge in [-0.25, -0.2) is 9.59 Å². The molecule has 1 aliphatic heterocycles. The van der Waals surface area contributed by atoms with Crippen LogP contribution in [0.5, 0.6) is 0 Å². The maximum atomic E-state index is 13.2. The Morgan fingerprint density at radius 3 is 2.22 bits per heavy atom. The summed E-state index contributed by atoms with van der Waals surface area (Å²) in [5, 5.41) is 0. The van der Waals surface area contributed by atoms with Crippen LogP contribution in [0.15, 0.2) is 48.8 Å². The monoisotopic (exact) mass is 439 g/mol. The number of ether oxygens (including phenoxy) is 2. The van der Waals surface area contributed by atoms with Gasteiger partial charge in [0.1, 0.15) is 11.6 Å². The Labute approximate surface area is 188 Å². The minimum absolute atomic E-state index is 0.0224. The highest BCUT2D eigenvalue weighted by molar-refractivity contribution is 5.97. The lowest BCUT2D eigenvalue weighted by Gasteiger charge is -2.40. The summed E-state index contributed by atoms with van der Waals surface area (Å²) in [7, 11) is 0. The number of esters is 1. The molecule has 0 saturated carbocycles. The molecular weight excluding hydrogens is 410 g/mol. The number of carbonyl (C=O) groups is 3. The van der Waals surface area contributed by atoms with Gasteiger partial charge in [0, 0.05) is 31.0 Å². The van der Waals surface area contributed by atoms with E-state index in [0.717, 1.165) is 11.1 Å². The normalized spacial score (nSPS) is 16.4. The summed E-state index contributed by atoms with van der Waals surface area (Å²) in [4.78, 5) is 45.3. The zero-order valence-corrected chi connectivity index (χ0v) is 18.9. The molecule has 1 fully saturated rings. The number of aromatic nitrogens is 1. The van der Waals surface area contributed by atoms with Gasteiger partial charge >= 0.3 is 12.1 Å². The molecule has 8 heteroatoms. The Kier molecular flexibility index (Phi) is 7.12. The van der Waals surface area contributed by atoms with Crippen LogP contribution < -0.4 is 0 Å². The van der Waals surface area contributed by atoms with Gasteiger partial charge in [0.25, 0.3) is 5.91 Å². The summed E-state index contributed by atoms with van der Waals surface area (Å²) >= 11 is 0. The minimum atomic E-state index is -0.899. The number of piperazine rings is 1. The Hall–Kier alpha value is -3.42. The van der Waals surface area contributed by atoms with Gasteiger partial charge in [-0.15, -0.1) is 0 Å². The van der Waals surface area contributed by atoms with Gasteiger partial charge in [0.15, 0.2) is 0 Å². The third-order valence-corrected chi connectivity index (χ3v) is 5.00. The first kappa shape index (κ1) is 23.2. The predicted octanol–water partition coefficient (Wildman–Crippen LogP) is 3.37. The second kappa shape index (κ2) is 9.80. The molecule has 2 aromatic rings. The van der Waals surface area contributed by atoms with Gasteiger partial charge in [-0.3, -0.25) is 9.78 Å². The van der Waals surface area contributed by atoms with E-state index in [-0.39, 0.29) is 32.1 Å². The zero-order chi connectivity index (χ0) is 23.3. The smallest absolute Gasteiger partial charge is 0.410 e. The highest BCUT2D eigenvalue weighted by Crippen LogP contribution is 2.22. The van der Waals surface area contributed by atoms with Gasteiger partial charge in [0.05, 0.1) is 13.2 Å². The molecule has 2 heterocycles. The van der Waals surface area contributed by atoms with Crippen molar-refractivity contribution >= 4 is 18.0 Å². The number of benzene rings is 1. The molecule has 1 aromatic carbocycles. The van der Waals surface area contributed by atoms with E-state index in [4.69, 9.17) is 9.47 Å². The fourth-order valence-corrected chi connectivity index (χ4v) is 3.47. The number of carbonyl (C=O) groups excluding carboxylic acids is 3. The van der Waals surface area contributed by atoms with Crippen molar-refractivity contribution in [1.29, 1.82) is 0 Å². The molecule has 0 N–H and O–H groups in total. The molecule has 1 atom stereocenters. The third kappa shape index (κ3) is 5.63. The second-order valence-corrected chi connectivity index (χ2v) is 8.51. The summed E-state index contributed by atoms with van der Waals surface area (Å²) in [5.41, 5.74) is 1.76. The molecule has 0 spiro atoms. The van der Waals surface area contributed by atoms with Crippen LogP contribution in [0.4, 0.5) is 4.79 Å². The summed E-state index contributed by atoms with van der Waals surface area (Å²) in [6.45, 7) is 7.73. The van der Waals surface area contributed by atoms with Crippen molar-refractivity contribution in [1.82, 2.24) is 14.8 Å². The molecule has 0 aliphatic carbocycles. The average molecular weight is 440 g/mol. The minimum Gasteiger partial charge on any atom is -0.464 e. The number of pyridine rings is 1. The lowest BCUT2D eigenvalue weighted by Crippen LogP contribution is -2.60. The van der Waals surface area contributed by atoms with E-state index >= 15 is 0 Å². The van der Waals surface area contributed by atoms with Gasteiger partial charge in [0.2, 0.25) is 0 Å². The number of nitrogens with zero attached hydrogens (tertiary/aromatic N) is 3. The Morgan fingerprint density at radius 1 is 1.00 bits per heavy atom. The van der Waals surface area contributed by atoms with E-state index in [1.165, 1.54) is 9.80 Å². The Balaban J connectivity index is 1.78. The highest BCUT2D eigenvalue weighted by Gasteiger charge is 2.39. The van der Waals surface area contributed by atoms with E-state index in [9.17, 15) is 14.4 Å². The largest absolute Gasteiger partial charge is 0.464 e. The van der Waals surface area contributed by atoms with Crippen LogP contribution in [0.2, 0.25) is 0 Å². The van der Waals surface area contributed by atoms with E-state index in [1.54, 1.807) is 52.2 Å².